The normalized spacial score (nSPS) is 12.9. The van der Waals surface area contributed by atoms with Crippen LogP contribution in [0, 0.1) is 5.92 Å². The van der Waals surface area contributed by atoms with Crippen LogP contribution in [0.3, 0.4) is 0 Å². The van der Waals surface area contributed by atoms with Crippen molar-refractivity contribution in [1.29, 1.82) is 0 Å². The molecule has 2 atom stereocenters. The molecule has 0 bridgehead atoms. The Balaban J connectivity index is 2.64. The van der Waals surface area contributed by atoms with E-state index in [1.54, 1.807) is 28.1 Å². The van der Waals surface area contributed by atoms with Gasteiger partial charge in [0.05, 0.1) is 24.6 Å². The summed E-state index contributed by atoms with van der Waals surface area (Å²) in [5.74, 6) is 0.706. The number of nitrogens with one attached hydrogen (secondary N) is 2. The Morgan fingerprint density at radius 3 is 2.38 bits per heavy atom. The molecular formula is C16H23BrN2O5. The van der Waals surface area contributed by atoms with Crippen molar-refractivity contribution in [3.63, 3.8) is 0 Å². The summed E-state index contributed by atoms with van der Waals surface area (Å²) in [6.07, 6.45) is -0.583. The van der Waals surface area contributed by atoms with Gasteiger partial charge in [-0.1, -0.05) is 6.92 Å². The lowest BCUT2D eigenvalue weighted by atomic mass is 10.0. The maximum absolute atomic E-state index is 12.1. The van der Waals surface area contributed by atoms with Crippen molar-refractivity contribution >= 4 is 27.9 Å². The summed E-state index contributed by atoms with van der Waals surface area (Å²) in [6.45, 7) is 3.74. The predicted octanol–water partition coefficient (Wildman–Crippen LogP) is 2.42. The first-order valence-corrected chi connectivity index (χ1v) is 8.27. The quantitative estimate of drug-likeness (QED) is 0.620. The molecule has 0 heterocycles. The van der Waals surface area contributed by atoms with Gasteiger partial charge in [-0.25, -0.2) is 4.79 Å². The van der Waals surface area contributed by atoms with E-state index in [9.17, 15) is 9.59 Å². The van der Waals surface area contributed by atoms with Crippen molar-refractivity contribution < 1.29 is 24.2 Å². The van der Waals surface area contributed by atoms with E-state index in [1.165, 1.54) is 0 Å². The third-order valence-corrected chi connectivity index (χ3v) is 4.38. The van der Waals surface area contributed by atoms with Gasteiger partial charge < -0.3 is 25.2 Å². The smallest absolute Gasteiger partial charge is 0.404 e. The highest BCUT2D eigenvalue weighted by atomic mass is 79.9. The molecule has 0 saturated carbocycles. The van der Waals surface area contributed by atoms with Crippen molar-refractivity contribution in [2.45, 2.75) is 26.3 Å². The number of amides is 2. The maximum Gasteiger partial charge on any atom is 0.404 e. The standard InChI is InChI=1S/C16H23BrN2O5/c1-9(10(2)19-16(21)22)15(20)18-6-5-11-7-14(24-4)12(17)8-13(11)23-3/h7-10,19H,5-6H2,1-4H3,(H,18,20)(H,21,22)/t9-,10-/m0/s1. The fourth-order valence-electron chi connectivity index (χ4n) is 2.15. The van der Waals surface area contributed by atoms with Crippen LogP contribution in [0.4, 0.5) is 4.79 Å². The fourth-order valence-corrected chi connectivity index (χ4v) is 2.63. The average Bonchev–Trinajstić information content (AvgIpc) is 2.54. The number of carbonyl (C=O) groups is 2. The van der Waals surface area contributed by atoms with Gasteiger partial charge in [-0.3, -0.25) is 4.79 Å². The van der Waals surface area contributed by atoms with Gasteiger partial charge in [-0.2, -0.15) is 0 Å². The van der Waals surface area contributed by atoms with Crippen molar-refractivity contribution in [3.8, 4) is 11.5 Å². The molecule has 0 aliphatic heterocycles. The van der Waals surface area contributed by atoms with Gasteiger partial charge in [0.25, 0.3) is 0 Å². The molecule has 0 radical (unpaired) electrons. The SMILES string of the molecule is COc1cc(CCNC(=O)[C@@H](C)[C@H](C)NC(=O)O)c(OC)cc1Br. The van der Waals surface area contributed by atoms with Gasteiger partial charge >= 0.3 is 6.09 Å². The number of rotatable bonds is 8. The van der Waals surface area contributed by atoms with Crippen LogP contribution >= 0.6 is 15.9 Å². The molecule has 24 heavy (non-hydrogen) atoms. The van der Waals surface area contributed by atoms with Crippen molar-refractivity contribution in [2.75, 3.05) is 20.8 Å². The van der Waals surface area contributed by atoms with Crippen LogP contribution in [-0.4, -0.2) is 43.9 Å². The Labute approximate surface area is 149 Å². The lowest BCUT2D eigenvalue weighted by Gasteiger charge is -2.19. The highest BCUT2D eigenvalue weighted by Gasteiger charge is 2.21. The van der Waals surface area contributed by atoms with Gasteiger partial charge in [0.2, 0.25) is 5.91 Å². The zero-order chi connectivity index (χ0) is 18.3. The lowest BCUT2D eigenvalue weighted by Crippen LogP contribution is -2.43. The summed E-state index contributed by atoms with van der Waals surface area (Å²) in [5.41, 5.74) is 0.905. The van der Waals surface area contributed by atoms with E-state index >= 15 is 0 Å². The largest absolute Gasteiger partial charge is 0.496 e. The molecule has 0 spiro atoms. The second-order valence-corrected chi connectivity index (χ2v) is 6.22. The Bertz CT molecular complexity index is 594. The van der Waals surface area contributed by atoms with Gasteiger partial charge in [0.15, 0.2) is 0 Å². The first-order valence-electron chi connectivity index (χ1n) is 7.47. The fraction of sp³-hybridized carbons (Fsp3) is 0.500. The molecule has 0 unspecified atom stereocenters. The Kier molecular flexibility index (Phi) is 7.84. The second kappa shape index (κ2) is 9.36. The topological polar surface area (TPSA) is 96.9 Å². The molecule has 1 aromatic carbocycles. The maximum atomic E-state index is 12.1. The highest BCUT2D eigenvalue weighted by Crippen LogP contribution is 2.32. The Morgan fingerprint density at radius 1 is 1.21 bits per heavy atom. The molecule has 7 nitrogen and oxygen atoms in total. The molecule has 2 amide bonds. The van der Waals surface area contributed by atoms with Crippen molar-refractivity contribution in [3.05, 3.63) is 22.2 Å². The van der Waals surface area contributed by atoms with Gasteiger partial charge in [0, 0.05) is 12.6 Å². The van der Waals surface area contributed by atoms with Crippen LogP contribution < -0.4 is 20.1 Å². The van der Waals surface area contributed by atoms with E-state index < -0.39 is 18.1 Å². The summed E-state index contributed by atoms with van der Waals surface area (Å²) in [6, 6.07) is 3.20. The van der Waals surface area contributed by atoms with Crippen LogP contribution in [0.1, 0.15) is 19.4 Å². The monoisotopic (exact) mass is 402 g/mol. The van der Waals surface area contributed by atoms with E-state index in [4.69, 9.17) is 14.6 Å². The van der Waals surface area contributed by atoms with Crippen LogP contribution in [0.5, 0.6) is 11.5 Å². The van der Waals surface area contributed by atoms with E-state index in [0.29, 0.717) is 24.5 Å². The zero-order valence-corrected chi connectivity index (χ0v) is 15.8. The van der Waals surface area contributed by atoms with Crippen molar-refractivity contribution in [1.82, 2.24) is 10.6 Å². The molecular weight excluding hydrogens is 380 g/mol. The number of ether oxygens (including phenoxy) is 2. The summed E-state index contributed by atoms with van der Waals surface area (Å²) >= 11 is 3.40. The molecule has 134 valence electrons. The van der Waals surface area contributed by atoms with Crippen LogP contribution in [-0.2, 0) is 11.2 Å². The molecule has 0 fully saturated rings. The van der Waals surface area contributed by atoms with Crippen LogP contribution in [0.25, 0.3) is 0 Å². The highest BCUT2D eigenvalue weighted by molar-refractivity contribution is 9.10. The number of carboxylic acid groups (broad SMARTS) is 1. The van der Waals surface area contributed by atoms with Gasteiger partial charge in [-0.05, 0) is 47.0 Å². The first-order chi connectivity index (χ1) is 11.3. The van der Waals surface area contributed by atoms with E-state index in [2.05, 4.69) is 26.6 Å². The molecule has 0 aliphatic rings. The summed E-state index contributed by atoms with van der Waals surface area (Å²) in [4.78, 5) is 22.7. The van der Waals surface area contributed by atoms with E-state index in [1.807, 2.05) is 12.1 Å². The lowest BCUT2D eigenvalue weighted by molar-refractivity contribution is -0.125. The number of methoxy groups -OCH3 is 2. The summed E-state index contributed by atoms with van der Waals surface area (Å²) in [5, 5.41) is 13.8. The molecule has 3 N–H and O–H groups in total. The Hall–Kier alpha value is -1.96. The minimum Gasteiger partial charge on any atom is -0.496 e. The van der Waals surface area contributed by atoms with Crippen LogP contribution in [0.15, 0.2) is 16.6 Å². The minimum atomic E-state index is -1.14. The first kappa shape index (κ1) is 20.1. The molecule has 0 aliphatic carbocycles. The molecule has 0 aromatic heterocycles. The number of hydrogen-bond acceptors (Lipinski definition) is 4. The minimum absolute atomic E-state index is 0.209. The van der Waals surface area contributed by atoms with E-state index in [-0.39, 0.29) is 5.91 Å². The van der Waals surface area contributed by atoms with Gasteiger partial charge in [0.1, 0.15) is 11.5 Å². The molecule has 1 aromatic rings. The third kappa shape index (κ3) is 5.59. The van der Waals surface area contributed by atoms with E-state index in [0.717, 1.165) is 10.0 Å². The molecule has 8 heteroatoms. The van der Waals surface area contributed by atoms with Gasteiger partial charge in [-0.15, -0.1) is 0 Å². The second-order valence-electron chi connectivity index (χ2n) is 5.37. The average molecular weight is 403 g/mol. The summed E-state index contributed by atoms with van der Waals surface area (Å²) < 4.78 is 11.4. The zero-order valence-electron chi connectivity index (χ0n) is 14.2. The summed E-state index contributed by atoms with van der Waals surface area (Å²) in [7, 11) is 3.16. The molecule has 1 rings (SSSR count). The number of carbonyl (C=O) groups excluding carboxylic acids is 1. The van der Waals surface area contributed by atoms with Crippen molar-refractivity contribution in [2.24, 2.45) is 5.92 Å². The van der Waals surface area contributed by atoms with Crippen LogP contribution in [0.2, 0.25) is 0 Å². The third-order valence-electron chi connectivity index (χ3n) is 3.76. The number of halogens is 1. The number of benzene rings is 1. The predicted molar refractivity (Wildman–Crippen MR) is 93.7 cm³/mol. The Morgan fingerprint density at radius 2 is 1.83 bits per heavy atom. The number of hydrogen-bond donors (Lipinski definition) is 3. The molecule has 0 saturated heterocycles.